The predicted molar refractivity (Wildman–Crippen MR) is 98.7 cm³/mol. The van der Waals surface area contributed by atoms with Crippen LogP contribution in [0, 0.1) is 0 Å². The number of oxazole rings is 1. The van der Waals surface area contributed by atoms with Gasteiger partial charge in [0.05, 0.1) is 0 Å². The van der Waals surface area contributed by atoms with Gasteiger partial charge in [-0.25, -0.2) is 4.98 Å². The van der Waals surface area contributed by atoms with Gasteiger partial charge in [0.1, 0.15) is 16.2 Å². The van der Waals surface area contributed by atoms with Crippen LogP contribution in [0.5, 0.6) is 5.75 Å². The molecule has 0 unspecified atom stereocenters. The standard InChI is InChI=1S/C19H12ClNO4S/c20-14-7-4-8-16(11-14)26(22,23)25-15-9-10-17-18(12-15)24-19(21-17)13-5-2-1-3-6-13/h1-12H. The Hall–Kier alpha value is -2.83. The SMILES string of the molecule is O=S(=O)(Oc1ccc2nc(-c3ccccc3)oc2c1)c1cccc(Cl)c1. The fraction of sp³-hybridized carbons (Fsp3) is 0. The first-order chi connectivity index (χ1) is 12.5. The van der Waals surface area contributed by atoms with E-state index in [0.29, 0.717) is 22.0 Å². The summed E-state index contributed by atoms with van der Waals surface area (Å²) >= 11 is 5.85. The molecular weight excluding hydrogens is 374 g/mol. The lowest BCUT2D eigenvalue weighted by molar-refractivity contribution is 0.486. The summed E-state index contributed by atoms with van der Waals surface area (Å²) in [4.78, 5) is 4.38. The summed E-state index contributed by atoms with van der Waals surface area (Å²) in [5, 5.41) is 0.313. The van der Waals surface area contributed by atoms with Crippen molar-refractivity contribution in [2.24, 2.45) is 0 Å². The first-order valence-corrected chi connectivity index (χ1v) is 9.46. The van der Waals surface area contributed by atoms with E-state index >= 15 is 0 Å². The minimum Gasteiger partial charge on any atom is -0.436 e. The number of hydrogen-bond donors (Lipinski definition) is 0. The molecule has 3 aromatic carbocycles. The van der Waals surface area contributed by atoms with Crippen LogP contribution in [-0.2, 0) is 10.1 Å². The van der Waals surface area contributed by atoms with Gasteiger partial charge in [0.2, 0.25) is 5.89 Å². The molecule has 0 fully saturated rings. The smallest absolute Gasteiger partial charge is 0.339 e. The van der Waals surface area contributed by atoms with E-state index in [1.54, 1.807) is 18.2 Å². The maximum absolute atomic E-state index is 12.4. The highest BCUT2D eigenvalue weighted by Crippen LogP contribution is 2.28. The molecule has 7 heteroatoms. The van der Waals surface area contributed by atoms with Gasteiger partial charge in [-0.3, -0.25) is 0 Å². The molecule has 0 N–H and O–H groups in total. The van der Waals surface area contributed by atoms with Crippen LogP contribution in [0.3, 0.4) is 0 Å². The molecule has 0 amide bonds. The molecule has 5 nitrogen and oxygen atoms in total. The monoisotopic (exact) mass is 385 g/mol. The van der Waals surface area contributed by atoms with Crippen molar-refractivity contribution in [2.45, 2.75) is 4.90 Å². The molecule has 0 spiro atoms. The fourth-order valence-electron chi connectivity index (χ4n) is 2.46. The summed E-state index contributed by atoms with van der Waals surface area (Å²) in [5.41, 5.74) is 1.87. The first-order valence-electron chi connectivity index (χ1n) is 7.67. The summed E-state index contributed by atoms with van der Waals surface area (Å²) in [6, 6.07) is 20.0. The predicted octanol–water partition coefficient (Wildman–Crippen LogP) is 4.92. The van der Waals surface area contributed by atoms with Crippen molar-refractivity contribution in [3.8, 4) is 17.2 Å². The summed E-state index contributed by atoms with van der Waals surface area (Å²) < 4.78 is 35.7. The van der Waals surface area contributed by atoms with Gasteiger partial charge >= 0.3 is 10.1 Å². The highest BCUT2D eigenvalue weighted by molar-refractivity contribution is 7.87. The molecule has 0 saturated carbocycles. The van der Waals surface area contributed by atoms with E-state index in [0.717, 1.165) is 5.56 Å². The van der Waals surface area contributed by atoms with Gasteiger partial charge in [-0.2, -0.15) is 8.42 Å². The Bertz CT molecular complexity index is 1190. The van der Waals surface area contributed by atoms with Crippen LogP contribution < -0.4 is 4.18 Å². The van der Waals surface area contributed by atoms with E-state index < -0.39 is 10.1 Å². The van der Waals surface area contributed by atoms with Crippen molar-refractivity contribution in [1.82, 2.24) is 4.98 Å². The van der Waals surface area contributed by atoms with Gasteiger partial charge in [-0.15, -0.1) is 0 Å². The number of halogens is 1. The average Bonchev–Trinajstić information content (AvgIpc) is 3.05. The van der Waals surface area contributed by atoms with Crippen LogP contribution in [-0.4, -0.2) is 13.4 Å². The number of aromatic nitrogens is 1. The van der Waals surface area contributed by atoms with Crippen LogP contribution in [0.2, 0.25) is 5.02 Å². The van der Waals surface area contributed by atoms with Crippen molar-refractivity contribution in [1.29, 1.82) is 0 Å². The van der Waals surface area contributed by atoms with E-state index in [2.05, 4.69) is 4.98 Å². The summed E-state index contributed by atoms with van der Waals surface area (Å²) in [6.07, 6.45) is 0. The third-order valence-corrected chi connectivity index (χ3v) is 5.15. The number of hydrogen-bond acceptors (Lipinski definition) is 5. The van der Waals surface area contributed by atoms with Gasteiger partial charge in [-0.1, -0.05) is 35.9 Å². The first kappa shape index (κ1) is 16.6. The number of fused-ring (bicyclic) bond motifs is 1. The van der Waals surface area contributed by atoms with E-state index in [1.165, 1.54) is 24.3 Å². The quantitative estimate of drug-likeness (QED) is 0.466. The minimum atomic E-state index is -4.00. The van der Waals surface area contributed by atoms with Crippen molar-refractivity contribution in [2.75, 3.05) is 0 Å². The molecule has 26 heavy (non-hydrogen) atoms. The Morgan fingerprint density at radius 1 is 0.923 bits per heavy atom. The van der Waals surface area contributed by atoms with Gasteiger partial charge in [0, 0.05) is 16.7 Å². The van der Waals surface area contributed by atoms with Gasteiger partial charge in [-0.05, 0) is 42.5 Å². The lowest BCUT2D eigenvalue weighted by atomic mass is 10.2. The number of nitrogens with zero attached hydrogens (tertiary/aromatic N) is 1. The van der Waals surface area contributed by atoms with Crippen molar-refractivity contribution in [3.63, 3.8) is 0 Å². The Morgan fingerprint density at radius 3 is 2.50 bits per heavy atom. The van der Waals surface area contributed by atoms with Crippen LogP contribution >= 0.6 is 11.6 Å². The molecule has 1 heterocycles. The zero-order valence-corrected chi connectivity index (χ0v) is 14.9. The van der Waals surface area contributed by atoms with E-state index in [1.807, 2.05) is 30.3 Å². The summed E-state index contributed by atoms with van der Waals surface area (Å²) in [7, 11) is -4.00. The second kappa shape index (κ2) is 6.48. The third-order valence-electron chi connectivity index (χ3n) is 3.67. The average molecular weight is 386 g/mol. The maximum atomic E-state index is 12.4. The second-order valence-electron chi connectivity index (χ2n) is 5.51. The Balaban J connectivity index is 1.67. The number of rotatable bonds is 4. The Kier molecular flexibility index (Phi) is 4.14. The van der Waals surface area contributed by atoms with Crippen LogP contribution in [0.25, 0.3) is 22.6 Å². The molecule has 0 atom stereocenters. The molecule has 4 rings (SSSR count). The van der Waals surface area contributed by atoms with Crippen molar-refractivity contribution in [3.05, 3.63) is 77.8 Å². The van der Waals surface area contributed by atoms with Gasteiger partial charge < -0.3 is 8.60 Å². The van der Waals surface area contributed by atoms with Crippen LogP contribution in [0.15, 0.2) is 82.1 Å². The molecule has 0 aliphatic carbocycles. The molecule has 0 aliphatic rings. The molecule has 0 aliphatic heterocycles. The van der Waals surface area contributed by atoms with Gasteiger partial charge in [0.25, 0.3) is 0 Å². The van der Waals surface area contributed by atoms with E-state index in [9.17, 15) is 8.42 Å². The topological polar surface area (TPSA) is 69.4 Å². The minimum absolute atomic E-state index is 0.0207. The lowest BCUT2D eigenvalue weighted by Crippen LogP contribution is -2.09. The number of benzene rings is 3. The van der Waals surface area contributed by atoms with E-state index in [-0.39, 0.29) is 10.6 Å². The highest BCUT2D eigenvalue weighted by Gasteiger charge is 2.18. The fourth-order valence-corrected chi connectivity index (χ4v) is 3.68. The second-order valence-corrected chi connectivity index (χ2v) is 7.49. The Labute approximate surface area is 154 Å². The maximum Gasteiger partial charge on any atom is 0.339 e. The van der Waals surface area contributed by atoms with Crippen LogP contribution in [0.1, 0.15) is 0 Å². The van der Waals surface area contributed by atoms with Crippen LogP contribution in [0.4, 0.5) is 0 Å². The molecule has 130 valence electrons. The summed E-state index contributed by atoms with van der Waals surface area (Å²) in [6.45, 7) is 0. The van der Waals surface area contributed by atoms with Crippen molar-refractivity contribution >= 4 is 32.8 Å². The molecule has 4 aromatic rings. The van der Waals surface area contributed by atoms with Crippen molar-refractivity contribution < 1.29 is 17.0 Å². The molecule has 0 radical (unpaired) electrons. The molecule has 0 saturated heterocycles. The molecular formula is C19H12ClNO4S. The molecule has 1 aromatic heterocycles. The normalized spacial score (nSPS) is 11.6. The Morgan fingerprint density at radius 2 is 1.73 bits per heavy atom. The zero-order valence-electron chi connectivity index (χ0n) is 13.3. The lowest BCUT2D eigenvalue weighted by Gasteiger charge is -2.06. The third kappa shape index (κ3) is 3.29. The van der Waals surface area contributed by atoms with Gasteiger partial charge in [0.15, 0.2) is 5.58 Å². The summed E-state index contributed by atoms with van der Waals surface area (Å²) in [5.74, 6) is 0.587. The zero-order chi connectivity index (χ0) is 18.1. The molecule has 0 bridgehead atoms. The largest absolute Gasteiger partial charge is 0.436 e. The van der Waals surface area contributed by atoms with E-state index in [4.69, 9.17) is 20.2 Å². The highest BCUT2D eigenvalue weighted by atomic mass is 35.5.